The number of phenolic OH excluding ortho intramolecular Hbond substituents is 1. The van der Waals surface area contributed by atoms with Gasteiger partial charge in [0, 0.05) is 38.8 Å². The number of nitrogens with one attached hydrogen (secondary N) is 1. The lowest BCUT2D eigenvalue weighted by molar-refractivity contribution is 0.0820. The fourth-order valence-electron chi connectivity index (χ4n) is 8.46. The summed E-state index contributed by atoms with van der Waals surface area (Å²) in [6, 6.07) is 6.55. The van der Waals surface area contributed by atoms with Gasteiger partial charge in [-0.2, -0.15) is 15.1 Å². The second-order valence-corrected chi connectivity index (χ2v) is 17.2. The van der Waals surface area contributed by atoms with Crippen molar-refractivity contribution in [3.05, 3.63) is 65.1 Å². The SMILES string of the molecule is CCc1c(F)ccc2cc(O)cc(-c3ncc4c(NCc5cc(C(=O)N(C)C)nn5C5CCS(=O)(=O)C5)nc(OC[C@@]56CCCN5C[C@H](F)C6)nc4c3F)c12. The minimum atomic E-state index is -3.30. The lowest BCUT2D eigenvalue weighted by atomic mass is 9.94. The lowest BCUT2D eigenvalue weighted by Gasteiger charge is -2.30. The van der Waals surface area contributed by atoms with E-state index in [-0.39, 0.29) is 76.0 Å². The minimum absolute atomic E-state index is 0.00322. The van der Waals surface area contributed by atoms with Gasteiger partial charge in [0.2, 0.25) is 0 Å². The average molecular weight is 779 g/mol. The van der Waals surface area contributed by atoms with Gasteiger partial charge in [-0.25, -0.2) is 21.6 Å². The fraction of sp³-hybridized carbons (Fsp3) is 0.447. The molecule has 13 nitrogen and oxygen atoms in total. The van der Waals surface area contributed by atoms with E-state index in [9.17, 15) is 22.7 Å². The second kappa shape index (κ2) is 13.9. The summed E-state index contributed by atoms with van der Waals surface area (Å²) < 4.78 is 79.3. The van der Waals surface area contributed by atoms with Crippen LogP contribution in [0, 0.1) is 11.6 Å². The van der Waals surface area contributed by atoms with Crippen LogP contribution in [0.1, 0.15) is 60.4 Å². The monoisotopic (exact) mass is 778 g/mol. The average Bonchev–Trinajstić information content (AvgIpc) is 3.91. The number of carbonyl (C=O) groups is 1. The summed E-state index contributed by atoms with van der Waals surface area (Å²) in [6.07, 6.45) is 2.92. The number of fused-ring (bicyclic) bond motifs is 3. The summed E-state index contributed by atoms with van der Waals surface area (Å²) in [4.78, 5) is 30.0. The molecule has 3 aliphatic heterocycles. The molecule has 5 aromatic rings. The maximum absolute atomic E-state index is 17.0. The predicted octanol–water partition coefficient (Wildman–Crippen LogP) is 5.22. The summed E-state index contributed by atoms with van der Waals surface area (Å²) in [7, 11) is -0.116. The van der Waals surface area contributed by atoms with Gasteiger partial charge in [0.1, 0.15) is 41.4 Å². The van der Waals surface area contributed by atoms with Crippen molar-refractivity contribution in [2.24, 2.45) is 0 Å². The molecule has 0 spiro atoms. The van der Waals surface area contributed by atoms with Crippen LogP contribution in [-0.4, -0.2) is 111 Å². The van der Waals surface area contributed by atoms with Gasteiger partial charge < -0.3 is 20.1 Å². The van der Waals surface area contributed by atoms with Crippen molar-refractivity contribution >= 4 is 43.2 Å². The largest absolute Gasteiger partial charge is 0.508 e. The van der Waals surface area contributed by atoms with Gasteiger partial charge in [-0.15, -0.1) is 0 Å². The van der Waals surface area contributed by atoms with E-state index < -0.39 is 39.2 Å². The van der Waals surface area contributed by atoms with Gasteiger partial charge in [0.25, 0.3) is 5.91 Å². The summed E-state index contributed by atoms with van der Waals surface area (Å²) in [5.74, 6) is -1.87. The van der Waals surface area contributed by atoms with Crippen molar-refractivity contribution in [2.45, 2.75) is 63.3 Å². The highest BCUT2D eigenvalue weighted by molar-refractivity contribution is 7.91. The molecule has 3 saturated heterocycles. The molecule has 0 aliphatic carbocycles. The van der Waals surface area contributed by atoms with Crippen molar-refractivity contribution < 1.29 is 36.2 Å². The number of hydrogen-bond acceptors (Lipinski definition) is 11. The molecule has 0 bridgehead atoms. The summed E-state index contributed by atoms with van der Waals surface area (Å²) in [5, 5.41) is 19.4. The Morgan fingerprint density at radius 2 is 2.00 bits per heavy atom. The van der Waals surface area contributed by atoms with Crippen molar-refractivity contribution in [1.82, 2.24) is 34.5 Å². The first-order chi connectivity index (χ1) is 26.3. The molecule has 3 aliphatic rings. The number of pyridine rings is 1. The van der Waals surface area contributed by atoms with Crippen LogP contribution in [0.4, 0.5) is 19.0 Å². The lowest BCUT2D eigenvalue weighted by Crippen LogP contribution is -2.43. The molecule has 3 fully saturated rings. The van der Waals surface area contributed by atoms with Gasteiger partial charge in [-0.3, -0.25) is 19.4 Å². The molecule has 55 heavy (non-hydrogen) atoms. The number of aromatic nitrogens is 5. The highest BCUT2D eigenvalue weighted by Gasteiger charge is 2.49. The summed E-state index contributed by atoms with van der Waals surface area (Å²) >= 11 is 0. The topological polar surface area (TPSA) is 156 Å². The molecule has 0 radical (unpaired) electrons. The summed E-state index contributed by atoms with van der Waals surface area (Å²) in [5.41, 5.74) is 0.251. The van der Waals surface area contributed by atoms with E-state index >= 15 is 8.78 Å². The van der Waals surface area contributed by atoms with Crippen molar-refractivity contribution in [1.29, 1.82) is 0 Å². The van der Waals surface area contributed by atoms with Gasteiger partial charge in [-0.05, 0) is 72.8 Å². The van der Waals surface area contributed by atoms with Crippen molar-refractivity contribution in [2.75, 3.05) is 50.6 Å². The van der Waals surface area contributed by atoms with E-state index in [2.05, 4.69) is 30.3 Å². The number of rotatable bonds is 10. The van der Waals surface area contributed by atoms with E-state index in [4.69, 9.17) is 4.74 Å². The Kier molecular flexibility index (Phi) is 9.35. The van der Waals surface area contributed by atoms with Crippen molar-refractivity contribution in [3.63, 3.8) is 0 Å². The van der Waals surface area contributed by atoms with Gasteiger partial charge in [0.05, 0.1) is 40.7 Å². The van der Waals surface area contributed by atoms with Crippen LogP contribution in [0.25, 0.3) is 32.9 Å². The number of aromatic hydroxyl groups is 1. The Labute approximate surface area is 315 Å². The fourth-order valence-corrected chi connectivity index (χ4v) is 10.2. The number of sulfone groups is 1. The van der Waals surface area contributed by atoms with Crippen LogP contribution in [0.15, 0.2) is 36.5 Å². The van der Waals surface area contributed by atoms with Crippen LogP contribution < -0.4 is 10.1 Å². The first-order valence-electron chi connectivity index (χ1n) is 18.3. The van der Waals surface area contributed by atoms with Crippen LogP contribution >= 0.6 is 0 Å². The third-order valence-electron chi connectivity index (χ3n) is 11.1. The third-order valence-corrected chi connectivity index (χ3v) is 12.8. The van der Waals surface area contributed by atoms with E-state index in [1.807, 2.05) is 0 Å². The molecule has 1 amide bonds. The predicted molar refractivity (Wildman–Crippen MR) is 200 cm³/mol. The highest BCUT2D eigenvalue weighted by Crippen LogP contribution is 2.42. The van der Waals surface area contributed by atoms with E-state index in [0.29, 0.717) is 47.8 Å². The van der Waals surface area contributed by atoms with Crippen molar-refractivity contribution in [3.8, 4) is 23.0 Å². The Morgan fingerprint density at radius 3 is 2.75 bits per heavy atom. The zero-order valence-electron chi connectivity index (χ0n) is 30.6. The number of anilines is 1. The number of carbonyl (C=O) groups excluding carboxylic acids is 1. The van der Waals surface area contributed by atoms with Crippen LogP contribution in [0.2, 0.25) is 0 Å². The van der Waals surface area contributed by atoms with E-state index in [1.54, 1.807) is 31.8 Å². The van der Waals surface area contributed by atoms with E-state index in [0.717, 1.165) is 19.4 Å². The smallest absolute Gasteiger partial charge is 0.319 e. The number of amides is 1. The molecule has 6 heterocycles. The van der Waals surface area contributed by atoms with E-state index in [1.165, 1.54) is 35.4 Å². The number of alkyl halides is 1. The van der Waals surface area contributed by atoms with Crippen LogP contribution in [-0.2, 0) is 22.8 Å². The second-order valence-electron chi connectivity index (χ2n) is 14.9. The summed E-state index contributed by atoms with van der Waals surface area (Å²) in [6.45, 7) is 2.91. The quantitative estimate of drug-likeness (QED) is 0.192. The maximum atomic E-state index is 17.0. The number of aryl methyl sites for hydroxylation is 1. The molecule has 3 atom stereocenters. The Balaban J connectivity index is 1.23. The zero-order chi connectivity index (χ0) is 38.8. The minimum Gasteiger partial charge on any atom is -0.508 e. The molecule has 2 aromatic carbocycles. The molecular weight excluding hydrogens is 738 g/mol. The first kappa shape index (κ1) is 36.9. The van der Waals surface area contributed by atoms with Gasteiger partial charge >= 0.3 is 6.01 Å². The molecule has 17 heteroatoms. The Morgan fingerprint density at radius 1 is 1.18 bits per heavy atom. The number of ether oxygens (including phenoxy) is 1. The number of nitrogens with zero attached hydrogens (tertiary/aromatic N) is 7. The Hall–Kier alpha value is -5.03. The highest BCUT2D eigenvalue weighted by atomic mass is 32.2. The molecule has 8 rings (SSSR count). The Bertz CT molecular complexity index is 2460. The first-order valence-corrected chi connectivity index (χ1v) is 20.1. The molecule has 2 N–H and O–H groups in total. The van der Waals surface area contributed by atoms with Gasteiger partial charge in [0.15, 0.2) is 21.3 Å². The third kappa shape index (κ3) is 6.70. The number of phenols is 1. The molecule has 0 saturated carbocycles. The molecule has 290 valence electrons. The number of hydrogen-bond donors (Lipinski definition) is 2. The zero-order valence-corrected chi connectivity index (χ0v) is 31.5. The van der Waals surface area contributed by atoms with Crippen LogP contribution in [0.5, 0.6) is 11.8 Å². The number of halogens is 3. The molecule has 1 unspecified atom stereocenters. The molecular formula is C38H41F3N8O5S. The maximum Gasteiger partial charge on any atom is 0.319 e. The number of benzene rings is 2. The van der Waals surface area contributed by atoms with Crippen LogP contribution in [0.3, 0.4) is 0 Å². The normalized spacial score (nSPS) is 22.1. The standard InChI is InChI=1S/C38H41F3N8O5S/c1-4-26-29(40)7-6-21-12-25(50)14-27(31(21)26)33-32(41)34-28(17-42-33)35(45-37(44-34)54-20-38-9-5-10-48(38)18-22(39)15-38)43-16-24-13-30(36(51)47(2)3)46-49(24)23-8-11-55(52,53)19-23/h6-7,12-14,17,22-23,50H,4-5,8-11,15-16,18-20H2,1-3H3,(H,43,44,45)/t22-,23?,38+/m1/s1. The van der Waals surface area contributed by atoms with Gasteiger partial charge in [-0.1, -0.05) is 13.0 Å². The molecule has 3 aromatic heterocycles.